The van der Waals surface area contributed by atoms with Crippen LogP contribution in [0.4, 0.5) is 0 Å². The highest BCUT2D eigenvalue weighted by molar-refractivity contribution is 6.34. The molecule has 130 valence electrons. The van der Waals surface area contributed by atoms with Crippen LogP contribution in [0.1, 0.15) is 47.4 Å². The zero-order chi connectivity index (χ0) is 18.4. The van der Waals surface area contributed by atoms with Gasteiger partial charge >= 0.3 is 5.97 Å². The highest BCUT2D eigenvalue weighted by Gasteiger charge is 2.62. The smallest absolute Gasteiger partial charge is 0.326 e. The maximum absolute atomic E-state index is 13.1. The third-order valence-corrected chi connectivity index (χ3v) is 4.78. The van der Waals surface area contributed by atoms with Crippen molar-refractivity contribution in [2.75, 3.05) is 13.7 Å². The third kappa shape index (κ3) is 2.10. The second-order valence-electron chi connectivity index (χ2n) is 6.17. The fraction of sp³-hybridized carbons (Fsp3) is 0.368. The molecule has 1 aromatic rings. The van der Waals surface area contributed by atoms with Crippen molar-refractivity contribution in [2.24, 2.45) is 5.41 Å². The second-order valence-corrected chi connectivity index (χ2v) is 6.17. The minimum Gasteiger partial charge on any atom is -0.465 e. The molecular formula is C19H19NO5. The lowest BCUT2D eigenvalue weighted by molar-refractivity contribution is -0.159. The summed E-state index contributed by atoms with van der Waals surface area (Å²) in [7, 11) is 1.42. The standard InChI is InChI=1S/C19H19NO5/c1-4-10-19(18(24)25-5-2)13-14(20(3)17(19)23)16(22)12-9-7-6-8-11(12)15(13)21/h6-9H,4-5,10H2,1-3H3. The average molecular weight is 341 g/mol. The van der Waals surface area contributed by atoms with E-state index in [1.54, 1.807) is 31.2 Å². The number of ketones is 2. The lowest BCUT2D eigenvalue weighted by atomic mass is 9.71. The maximum atomic E-state index is 13.1. The van der Waals surface area contributed by atoms with Crippen molar-refractivity contribution in [3.63, 3.8) is 0 Å². The number of hydrogen-bond acceptors (Lipinski definition) is 5. The van der Waals surface area contributed by atoms with Crippen LogP contribution in [-0.4, -0.2) is 42.0 Å². The number of fused-ring (bicyclic) bond motifs is 1. The van der Waals surface area contributed by atoms with Gasteiger partial charge in [0.1, 0.15) is 5.70 Å². The first kappa shape index (κ1) is 17.1. The van der Waals surface area contributed by atoms with E-state index in [-0.39, 0.29) is 35.4 Å². The van der Waals surface area contributed by atoms with Crippen LogP contribution < -0.4 is 0 Å². The molecule has 6 nitrogen and oxygen atoms in total. The lowest BCUT2D eigenvalue weighted by Gasteiger charge is -2.27. The van der Waals surface area contributed by atoms with Crippen molar-refractivity contribution in [3.8, 4) is 0 Å². The summed E-state index contributed by atoms with van der Waals surface area (Å²) in [5.41, 5.74) is -1.31. The number of rotatable bonds is 4. The SMILES string of the molecule is CCCC1(C(=O)OCC)C(=O)N(C)C2=C1C(=O)c1ccccc1C2=O. The molecule has 0 spiro atoms. The van der Waals surface area contributed by atoms with Crippen molar-refractivity contribution in [1.82, 2.24) is 4.90 Å². The first-order chi connectivity index (χ1) is 11.9. The number of hydrogen-bond donors (Lipinski definition) is 0. The molecule has 0 N–H and O–H groups in total. The van der Waals surface area contributed by atoms with Crippen LogP contribution in [0.3, 0.4) is 0 Å². The monoisotopic (exact) mass is 341 g/mol. The largest absolute Gasteiger partial charge is 0.465 e. The number of benzene rings is 1. The van der Waals surface area contributed by atoms with E-state index in [0.717, 1.165) is 4.90 Å². The summed E-state index contributed by atoms with van der Waals surface area (Å²) in [6.07, 6.45) is 0.604. The topological polar surface area (TPSA) is 80.8 Å². The van der Waals surface area contributed by atoms with Gasteiger partial charge in [-0.25, -0.2) is 0 Å². The summed E-state index contributed by atoms with van der Waals surface area (Å²) in [4.78, 5) is 53.0. The van der Waals surface area contributed by atoms with Gasteiger partial charge in [-0.05, 0) is 13.3 Å². The number of amides is 1. The molecular weight excluding hydrogens is 322 g/mol. The Morgan fingerprint density at radius 3 is 2.24 bits per heavy atom. The van der Waals surface area contributed by atoms with Crippen LogP contribution in [-0.2, 0) is 14.3 Å². The molecule has 0 bridgehead atoms. The summed E-state index contributed by atoms with van der Waals surface area (Å²) in [6, 6.07) is 6.42. The van der Waals surface area contributed by atoms with Gasteiger partial charge in [0.25, 0.3) is 0 Å². The Kier molecular flexibility index (Phi) is 4.06. The van der Waals surface area contributed by atoms with Gasteiger partial charge in [-0.3, -0.25) is 19.2 Å². The molecule has 1 amide bonds. The van der Waals surface area contributed by atoms with Gasteiger partial charge in [0.05, 0.1) is 12.2 Å². The molecule has 0 aromatic heterocycles. The van der Waals surface area contributed by atoms with Gasteiger partial charge in [0.2, 0.25) is 11.7 Å². The molecule has 3 rings (SSSR count). The number of Topliss-reactive ketones (excluding diaryl/α,β-unsaturated/α-hetero) is 2. The highest BCUT2D eigenvalue weighted by Crippen LogP contribution is 2.48. The molecule has 6 heteroatoms. The summed E-state index contributed by atoms with van der Waals surface area (Å²) in [6.45, 7) is 3.54. The van der Waals surface area contributed by atoms with Crippen molar-refractivity contribution in [1.29, 1.82) is 0 Å². The first-order valence-electron chi connectivity index (χ1n) is 8.30. The fourth-order valence-corrected chi connectivity index (χ4v) is 3.73. The maximum Gasteiger partial charge on any atom is 0.326 e. The number of carbonyl (C=O) groups excluding carboxylic acids is 4. The van der Waals surface area contributed by atoms with Crippen molar-refractivity contribution < 1.29 is 23.9 Å². The van der Waals surface area contributed by atoms with E-state index in [1.807, 2.05) is 6.92 Å². The zero-order valence-corrected chi connectivity index (χ0v) is 14.4. The van der Waals surface area contributed by atoms with Crippen LogP contribution in [0.25, 0.3) is 0 Å². The van der Waals surface area contributed by atoms with E-state index in [0.29, 0.717) is 6.42 Å². The predicted octanol–water partition coefficient (Wildman–Crippen LogP) is 2.14. The lowest BCUT2D eigenvalue weighted by Crippen LogP contribution is -2.44. The second kappa shape index (κ2) is 5.95. The summed E-state index contributed by atoms with van der Waals surface area (Å²) in [5.74, 6) is -2.21. The number of likely N-dealkylation sites (N-methyl/N-ethyl adjacent to an activating group) is 1. The Balaban J connectivity index is 2.30. The highest BCUT2D eigenvalue weighted by atomic mass is 16.5. The van der Waals surface area contributed by atoms with E-state index < -0.39 is 28.9 Å². The van der Waals surface area contributed by atoms with E-state index in [4.69, 9.17) is 4.74 Å². The molecule has 1 unspecified atom stereocenters. The minimum absolute atomic E-state index is 0.00444. The normalized spacial score (nSPS) is 22.2. The minimum atomic E-state index is -1.74. The molecule has 1 aliphatic carbocycles. The first-order valence-corrected chi connectivity index (χ1v) is 8.30. The number of allylic oxidation sites excluding steroid dienone is 1. The number of carbonyl (C=O) groups is 4. The molecule has 1 heterocycles. The predicted molar refractivity (Wildman–Crippen MR) is 88.9 cm³/mol. The fourth-order valence-electron chi connectivity index (χ4n) is 3.73. The third-order valence-electron chi connectivity index (χ3n) is 4.78. The summed E-state index contributed by atoms with van der Waals surface area (Å²) >= 11 is 0. The summed E-state index contributed by atoms with van der Waals surface area (Å²) in [5, 5.41) is 0. The Hall–Kier alpha value is -2.76. The molecule has 0 saturated heterocycles. The van der Waals surface area contributed by atoms with E-state index in [9.17, 15) is 19.2 Å². The van der Waals surface area contributed by atoms with Crippen LogP contribution in [0.2, 0.25) is 0 Å². The molecule has 0 radical (unpaired) electrons. The Bertz CT molecular complexity index is 838. The number of nitrogens with zero attached hydrogens (tertiary/aromatic N) is 1. The van der Waals surface area contributed by atoms with Crippen LogP contribution in [0, 0.1) is 5.41 Å². The summed E-state index contributed by atoms with van der Waals surface area (Å²) < 4.78 is 5.14. The molecule has 25 heavy (non-hydrogen) atoms. The van der Waals surface area contributed by atoms with Crippen molar-refractivity contribution in [3.05, 3.63) is 46.7 Å². The van der Waals surface area contributed by atoms with Crippen molar-refractivity contribution in [2.45, 2.75) is 26.7 Å². The van der Waals surface area contributed by atoms with Crippen molar-refractivity contribution >= 4 is 23.4 Å². The van der Waals surface area contributed by atoms with Gasteiger partial charge < -0.3 is 9.64 Å². The number of esters is 1. The van der Waals surface area contributed by atoms with Gasteiger partial charge in [0.15, 0.2) is 11.2 Å². The number of ether oxygens (including phenoxy) is 1. The van der Waals surface area contributed by atoms with Crippen LogP contribution in [0.15, 0.2) is 35.5 Å². The van der Waals surface area contributed by atoms with Gasteiger partial charge in [-0.2, -0.15) is 0 Å². The quantitative estimate of drug-likeness (QED) is 0.619. The Labute approximate surface area is 145 Å². The Morgan fingerprint density at radius 2 is 1.68 bits per heavy atom. The van der Waals surface area contributed by atoms with Crippen LogP contribution >= 0.6 is 0 Å². The molecule has 2 aliphatic rings. The Morgan fingerprint density at radius 1 is 1.08 bits per heavy atom. The average Bonchev–Trinajstić information content (AvgIpc) is 2.83. The van der Waals surface area contributed by atoms with E-state index >= 15 is 0 Å². The zero-order valence-electron chi connectivity index (χ0n) is 14.4. The van der Waals surface area contributed by atoms with Gasteiger partial charge in [0, 0.05) is 18.2 Å². The molecule has 1 aliphatic heterocycles. The molecule has 1 atom stereocenters. The van der Waals surface area contributed by atoms with Gasteiger partial charge in [-0.15, -0.1) is 0 Å². The molecule has 0 saturated carbocycles. The van der Waals surface area contributed by atoms with Crippen LogP contribution in [0.5, 0.6) is 0 Å². The van der Waals surface area contributed by atoms with Gasteiger partial charge in [-0.1, -0.05) is 37.6 Å². The van der Waals surface area contributed by atoms with E-state index in [2.05, 4.69) is 0 Å². The molecule has 0 fully saturated rings. The molecule has 1 aromatic carbocycles. The van der Waals surface area contributed by atoms with E-state index in [1.165, 1.54) is 7.05 Å².